The third kappa shape index (κ3) is 4.99. The number of nitrogens with one attached hydrogen (secondary N) is 1. The highest BCUT2D eigenvalue weighted by atomic mass is 16.2. The van der Waals surface area contributed by atoms with Crippen molar-refractivity contribution in [1.29, 1.82) is 0 Å². The highest BCUT2D eigenvalue weighted by molar-refractivity contribution is 5.90. The zero-order valence-electron chi connectivity index (χ0n) is 15.7. The molecule has 0 saturated carbocycles. The van der Waals surface area contributed by atoms with Crippen molar-refractivity contribution in [3.8, 4) is 0 Å². The van der Waals surface area contributed by atoms with Crippen LogP contribution in [0.15, 0.2) is 48.5 Å². The second-order valence-electron chi connectivity index (χ2n) is 6.10. The van der Waals surface area contributed by atoms with Crippen LogP contribution in [0.25, 0.3) is 0 Å². The minimum absolute atomic E-state index is 0.0648. The minimum atomic E-state index is -0.0648. The molecule has 2 amide bonds. The van der Waals surface area contributed by atoms with Gasteiger partial charge in [-0.25, -0.2) is 4.79 Å². The van der Waals surface area contributed by atoms with Gasteiger partial charge >= 0.3 is 6.03 Å². The topological polar surface area (TPSA) is 35.6 Å². The van der Waals surface area contributed by atoms with E-state index in [2.05, 4.69) is 36.2 Å². The number of nitrogens with zero attached hydrogens (tertiary/aromatic N) is 2. The maximum absolute atomic E-state index is 12.6. The molecule has 1 N–H and O–H groups in total. The highest BCUT2D eigenvalue weighted by Crippen LogP contribution is 2.23. The number of benzene rings is 2. The summed E-state index contributed by atoms with van der Waals surface area (Å²) in [5, 5.41) is 3.05. The van der Waals surface area contributed by atoms with Crippen LogP contribution in [0.5, 0.6) is 0 Å². The van der Waals surface area contributed by atoms with Crippen LogP contribution in [0.1, 0.15) is 31.9 Å². The van der Waals surface area contributed by atoms with E-state index in [1.54, 1.807) is 0 Å². The standard InChI is InChI=1S/C21H29N3O/c1-5-23(6-2)19-13-14-20(17(4)15-19)22-21(25)24(7-3)16-18-11-9-8-10-12-18/h8-15H,5-7,16H2,1-4H3,(H,22,25). The van der Waals surface area contributed by atoms with E-state index in [0.717, 1.165) is 29.9 Å². The third-order valence-corrected chi connectivity index (χ3v) is 4.47. The number of hydrogen-bond acceptors (Lipinski definition) is 2. The second-order valence-corrected chi connectivity index (χ2v) is 6.10. The van der Waals surface area contributed by atoms with Gasteiger partial charge in [0, 0.05) is 37.6 Å². The van der Waals surface area contributed by atoms with Gasteiger partial charge in [-0.15, -0.1) is 0 Å². The number of urea groups is 1. The quantitative estimate of drug-likeness (QED) is 0.779. The van der Waals surface area contributed by atoms with Gasteiger partial charge in [-0.3, -0.25) is 0 Å². The van der Waals surface area contributed by atoms with Crippen molar-refractivity contribution in [2.24, 2.45) is 0 Å². The SMILES string of the molecule is CCN(Cc1ccccc1)C(=O)Nc1ccc(N(CC)CC)cc1C. The molecule has 0 unspecified atom stereocenters. The fraction of sp³-hybridized carbons (Fsp3) is 0.381. The molecule has 2 aromatic rings. The molecule has 0 saturated heterocycles. The van der Waals surface area contributed by atoms with Gasteiger partial charge in [-0.05, 0) is 57.0 Å². The average Bonchev–Trinajstić information content (AvgIpc) is 2.63. The van der Waals surface area contributed by atoms with E-state index in [-0.39, 0.29) is 6.03 Å². The first-order chi connectivity index (χ1) is 12.1. The molecular formula is C21H29N3O. The first-order valence-electron chi connectivity index (χ1n) is 9.04. The zero-order chi connectivity index (χ0) is 18.2. The lowest BCUT2D eigenvalue weighted by Crippen LogP contribution is -2.34. The summed E-state index contributed by atoms with van der Waals surface area (Å²) < 4.78 is 0. The number of aryl methyl sites for hydroxylation is 1. The molecule has 2 rings (SSSR count). The summed E-state index contributed by atoms with van der Waals surface area (Å²) in [4.78, 5) is 16.7. The maximum Gasteiger partial charge on any atom is 0.322 e. The Labute approximate surface area is 151 Å². The molecule has 2 aromatic carbocycles. The molecule has 0 fully saturated rings. The Morgan fingerprint density at radius 1 is 0.960 bits per heavy atom. The van der Waals surface area contributed by atoms with Crippen molar-refractivity contribution in [2.45, 2.75) is 34.2 Å². The smallest absolute Gasteiger partial charge is 0.322 e. The first-order valence-corrected chi connectivity index (χ1v) is 9.04. The molecule has 4 nitrogen and oxygen atoms in total. The summed E-state index contributed by atoms with van der Waals surface area (Å²) in [6.07, 6.45) is 0. The van der Waals surface area contributed by atoms with Crippen molar-refractivity contribution in [1.82, 2.24) is 4.90 Å². The van der Waals surface area contributed by atoms with Gasteiger partial charge in [0.05, 0.1) is 0 Å². The van der Waals surface area contributed by atoms with E-state index >= 15 is 0 Å². The Bertz CT molecular complexity index is 681. The molecular weight excluding hydrogens is 310 g/mol. The number of hydrogen-bond donors (Lipinski definition) is 1. The second kappa shape index (κ2) is 9.11. The highest BCUT2D eigenvalue weighted by Gasteiger charge is 2.14. The molecule has 0 aliphatic carbocycles. The maximum atomic E-state index is 12.6. The van der Waals surface area contributed by atoms with E-state index in [9.17, 15) is 4.79 Å². The Balaban J connectivity index is 2.08. The fourth-order valence-electron chi connectivity index (χ4n) is 2.90. The van der Waals surface area contributed by atoms with Gasteiger partial charge in [0.2, 0.25) is 0 Å². The van der Waals surface area contributed by atoms with Gasteiger partial charge in [0.25, 0.3) is 0 Å². The molecule has 0 spiro atoms. The van der Waals surface area contributed by atoms with E-state index in [0.29, 0.717) is 13.1 Å². The molecule has 0 aliphatic heterocycles. The summed E-state index contributed by atoms with van der Waals surface area (Å²) in [6.45, 7) is 11.6. The van der Waals surface area contributed by atoms with E-state index in [4.69, 9.17) is 0 Å². The molecule has 134 valence electrons. The number of carbonyl (C=O) groups excluding carboxylic acids is 1. The molecule has 0 heterocycles. The Morgan fingerprint density at radius 3 is 2.20 bits per heavy atom. The minimum Gasteiger partial charge on any atom is -0.372 e. The van der Waals surface area contributed by atoms with Gasteiger partial charge in [-0.2, -0.15) is 0 Å². The Hall–Kier alpha value is -2.49. The predicted octanol–water partition coefficient (Wildman–Crippen LogP) is 4.90. The van der Waals surface area contributed by atoms with Gasteiger partial charge in [0.15, 0.2) is 0 Å². The summed E-state index contributed by atoms with van der Waals surface area (Å²) in [5.41, 5.74) is 4.27. The van der Waals surface area contributed by atoms with E-state index < -0.39 is 0 Å². The van der Waals surface area contributed by atoms with Crippen molar-refractivity contribution < 1.29 is 4.79 Å². The predicted molar refractivity (Wildman–Crippen MR) is 106 cm³/mol. The van der Waals surface area contributed by atoms with Crippen molar-refractivity contribution in [3.63, 3.8) is 0 Å². The molecule has 0 aromatic heterocycles. The lowest BCUT2D eigenvalue weighted by atomic mass is 10.1. The monoisotopic (exact) mass is 339 g/mol. The van der Waals surface area contributed by atoms with Crippen molar-refractivity contribution in [2.75, 3.05) is 29.9 Å². The van der Waals surface area contributed by atoms with Gasteiger partial charge in [0.1, 0.15) is 0 Å². The summed E-state index contributed by atoms with van der Waals surface area (Å²) in [6, 6.07) is 16.2. The lowest BCUT2D eigenvalue weighted by molar-refractivity contribution is 0.212. The normalized spacial score (nSPS) is 10.4. The van der Waals surface area contributed by atoms with Crippen LogP contribution in [-0.4, -0.2) is 30.6 Å². The first kappa shape index (κ1) is 18.8. The lowest BCUT2D eigenvalue weighted by Gasteiger charge is -2.24. The molecule has 0 atom stereocenters. The fourth-order valence-corrected chi connectivity index (χ4v) is 2.90. The number of amides is 2. The van der Waals surface area contributed by atoms with Crippen LogP contribution >= 0.6 is 0 Å². The number of carbonyl (C=O) groups is 1. The largest absolute Gasteiger partial charge is 0.372 e. The summed E-state index contributed by atoms with van der Waals surface area (Å²) in [7, 11) is 0. The molecule has 25 heavy (non-hydrogen) atoms. The van der Waals surface area contributed by atoms with Crippen LogP contribution in [0, 0.1) is 6.92 Å². The van der Waals surface area contributed by atoms with Gasteiger partial charge in [-0.1, -0.05) is 30.3 Å². The summed E-state index contributed by atoms with van der Waals surface area (Å²) in [5.74, 6) is 0. The molecule has 4 heteroatoms. The third-order valence-electron chi connectivity index (χ3n) is 4.47. The Morgan fingerprint density at radius 2 is 1.64 bits per heavy atom. The number of rotatable bonds is 7. The van der Waals surface area contributed by atoms with Gasteiger partial charge < -0.3 is 15.1 Å². The summed E-state index contributed by atoms with van der Waals surface area (Å²) >= 11 is 0. The van der Waals surface area contributed by atoms with Crippen molar-refractivity contribution in [3.05, 3.63) is 59.7 Å². The average molecular weight is 339 g/mol. The molecule has 0 radical (unpaired) electrons. The van der Waals surface area contributed by atoms with Crippen LogP contribution in [0.3, 0.4) is 0 Å². The molecule has 0 aliphatic rings. The van der Waals surface area contributed by atoms with E-state index in [1.165, 1.54) is 5.69 Å². The van der Waals surface area contributed by atoms with Crippen LogP contribution in [-0.2, 0) is 6.54 Å². The van der Waals surface area contributed by atoms with Crippen molar-refractivity contribution >= 4 is 17.4 Å². The van der Waals surface area contributed by atoms with Crippen LogP contribution in [0.2, 0.25) is 0 Å². The zero-order valence-corrected chi connectivity index (χ0v) is 15.7. The number of anilines is 2. The molecule has 0 bridgehead atoms. The van der Waals surface area contributed by atoms with Crippen LogP contribution in [0.4, 0.5) is 16.2 Å². The Kier molecular flexibility index (Phi) is 6.87. The van der Waals surface area contributed by atoms with E-state index in [1.807, 2.05) is 55.1 Å². The van der Waals surface area contributed by atoms with Crippen LogP contribution < -0.4 is 10.2 Å².